The largest absolute Gasteiger partial charge is 0.358 e. The molecule has 4 rings (SSSR count). The van der Waals surface area contributed by atoms with Gasteiger partial charge in [-0.3, -0.25) is 4.79 Å². The van der Waals surface area contributed by atoms with Crippen LogP contribution >= 0.6 is 0 Å². The number of H-pyrrole nitrogens is 1. The standard InChI is InChI=1S/C19H24N2O3S/c1-2-21(14-9-10-25(23,24)12-14)19(22)13-7-8-18-16(11-13)15-5-3-4-6-17(15)20-18/h7-8,11,14,20H,2-6,9-10,12H2,1H3. The summed E-state index contributed by atoms with van der Waals surface area (Å²) in [4.78, 5) is 18.2. The molecule has 5 nitrogen and oxygen atoms in total. The predicted octanol–water partition coefficient (Wildman–Crippen LogP) is 2.70. The fraction of sp³-hybridized carbons (Fsp3) is 0.526. The molecule has 25 heavy (non-hydrogen) atoms. The number of benzene rings is 1. The molecule has 1 N–H and O–H groups in total. The van der Waals surface area contributed by atoms with E-state index >= 15 is 0 Å². The van der Waals surface area contributed by atoms with Gasteiger partial charge in [-0.25, -0.2) is 8.42 Å². The van der Waals surface area contributed by atoms with Crippen LogP contribution in [0.2, 0.25) is 0 Å². The third-order valence-electron chi connectivity index (χ3n) is 5.60. The van der Waals surface area contributed by atoms with Gasteiger partial charge in [0.05, 0.1) is 11.5 Å². The first-order valence-corrected chi connectivity index (χ1v) is 11.0. The van der Waals surface area contributed by atoms with E-state index in [0.717, 1.165) is 23.7 Å². The summed E-state index contributed by atoms with van der Waals surface area (Å²) in [6.07, 6.45) is 5.09. The van der Waals surface area contributed by atoms with Gasteiger partial charge in [0.25, 0.3) is 5.91 Å². The van der Waals surface area contributed by atoms with Crippen LogP contribution in [0.3, 0.4) is 0 Å². The quantitative estimate of drug-likeness (QED) is 0.915. The zero-order valence-corrected chi connectivity index (χ0v) is 15.4. The lowest BCUT2D eigenvalue weighted by atomic mass is 9.95. The van der Waals surface area contributed by atoms with Gasteiger partial charge in [-0.1, -0.05) is 0 Å². The zero-order chi connectivity index (χ0) is 17.6. The summed E-state index contributed by atoms with van der Waals surface area (Å²) >= 11 is 0. The first-order valence-electron chi connectivity index (χ1n) is 9.13. The van der Waals surface area contributed by atoms with Crippen LogP contribution in [0.4, 0.5) is 0 Å². The van der Waals surface area contributed by atoms with Crippen molar-refractivity contribution in [2.24, 2.45) is 0 Å². The number of nitrogens with zero attached hydrogens (tertiary/aromatic N) is 1. The van der Waals surface area contributed by atoms with Crippen LogP contribution in [0.25, 0.3) is 10.9 Å². The molecule has 0 saturated carbocycles. The van der Waals surface area contributed by atoms with E-state index in [-0.39, 0.29) is 23.5 Å². The SMILES string of the molecule is CCN(C(=O)c1ccc2[nH]c3c(c2c1)CCCC3)C1CCS(=O)(=O)C1. The van der Waals surface area contributed by atoms with Crippen LogP contribution in [0.15, 0.2) is 18.2 Å². The van der Waals surface area contributed by atoms with Gasteiger partial charge in [0.15, 0.2) is 9.84 Å². The maximum absolute atomic E-state index is 13.0. The highest BCUT2D eigenvalue weighted by atomic mass is 32.2. The molecule has 2 aromatic rings. The van der Waals surface area contributed by atoms with Crippen LogP contribution in [-0.2, 0) is 22.7 Å². The van der Waals surface area contributed by atoms with Crippen molar-refractivity contribution < 1.29 is 13.2 Å². The molecular formula is C19H24N2O3S. The number of hydrogen-bond donors (Lipinski definition) is 1. The molecule has 1 aliphatic heterocycles. The van der Waals surface area contributed by atoms with Crippen LogP contribution in [-0.4, -0.2) is 48.3 Å². The Morgan fingerprint density at radius 3 is 2.80 bits per heavy atom. The highest BCUT2D eigenvalue weighted by molar-refractivity contribution is 7.91. The van der Waals surface area contributed by atoms with E-state index in [1.54, 1.807) is 4.90 Å². The van der Waals surface area contributed by atoms with Crippen LogP contribution in [0.1, 0.15) is 47.8 Å². The van der Waals surface area contributed by atoms with Gasteiger partial charge in [-0.2, -0.15) is 0 Å². The van der Waals surface area contributed by atoms with Crippen LogP contribution in [0, 0.1) is 0 Å². The molecule has 6 heteroatoms. The summed E-state index contributed by atoms with van der Waals surface area (Å²) in [5, 5.41) is 1.15. The van der Waals surface area contributed by atoms with Crippen molar-refractivity contribution in [1.82, 2.24) is 9.88 Å². The Kier molecular flexibility index (Phi) is 4.10. The monoisotopic (exact) mass is 360 g/mol. The smallest absolute Gasteiger partial charge is 0.254 e. The van der Waals surface area contributed by atoms with E-state index < -0.39 is 9.84 Å². The highest BCUT2D eigenvalue weighted by Crippen LogP contribution is 2.30. The molecule has 134 valence electrons. The molecule has 1 saturated heterocycles. The number of nitrogens with one attached hydrogen (secondary N) is 1. The van der Waals surface area contributed by atoms with Crippen LogP contribution in [0.5, 0.6) is 0 Å². The molecular weight excluding hydrogens is 336 g/mol. The number of aromatic nitrogens is 1. The van der Waals surface area contributed by atoms with Gasteiger partial charge in [0.1, 0.15) is 0 Å². The van der Waals surface area contributed by atoms with Crippen LogP contribution < -0.4 is 0 Å². The normalized spacial score (nSPS) is 22.0. The lowest BCUT2D eigenvalue weighted by Gasteiger charge is -2.27. The molecule has 0 radical (unpaired) electrons. The second-order valence-electron chi connectivity index (χ2n) is 7.20. The molecule has 2 aliphatic rings. The topological polar surface area (TPSA) is 70.2 Å². The minimum absolute atomic E-state index is 0.0581. The molecule has 1 fully saturated rings. The zero-order valence-electron chi connectivity index (χ0n) is 14.5. The van der Waals surface area contributed by atoms with Crippen molar-refractivity contribution in [1.29, 1.82) is 0 Å². The van der Waals surface area contributed by atoms with Gasteiger partial charge >= 0.3 is 0 Å². The van der Waals surface area contributed by atoms with Gasteiger partial charge in [-0.15, -0.1) is 0 Å². The average Bonchev–Trinajstić information content (AvgIpc) is 3.14. The summed E-state index contributed by atoms with van der Waals surface area (Å²) in [7, 11) is -3.00. The maximum atomic E-state index is 13.0. The number of fused-ring (bicyclic) bond motifs is 3. The number of aromatic amines is 1. The number of amides is 1. The predicted molar refractivity (Wildman–Crippen MR) is 98.7 cm³/mol. The molecule has 1 amide bonds. The van der Waals surface area contributed by atoms with Crippen molar-refractivity contribution in [3.05, 3.63) is 35.0 Å². The summed E-state index contributed by atoms with van der Waals surface area (Å²) in [6.45, 7) is 2.45. The lowest BCUT2D eigenvalue weighted by molar-refractivity contribution is 0.0708. The highest BCUT2D eigenvalue weighted by Gasteiger charge is 2.34. The first-order chi connectivity index (χ1) is 12.0. The van der Waals surface area contributed by atoms with Crippen molar-refractivity contribution in [3.63, 3.8) is 0 Å². The minimum Gasteiger partial charge on any atom is -0.358 e. The van der Waals surface area contributed by atoms with Gasteiger partial charge in [0, 0.05) is 34.7 Å². The average molecular weight is 360 g/mol. The Labute approximate surface area is 148 Å². The molecule has 2 heterocycles. The minimum atomic E-state index is -3.00. The van der Waals surface area contributed by atoms with E-state index in [9.17, 15) is 13.2 Å². The van der Waals surface area contributed by atoms with Crippen molar-refractivity contribution >= 4 is 26.6 Å². The number of carbonyl (C=O) groups excluding carboxylic acids is 1. The number of aryl methyl sites for hydroxylation is 2. The Hall–Kier alpha value is -1.82. The summed E-state index contributed by atoms with van der Waals surface area (Å²) in [5.41, 5.74) is 4.41. The Bertz CT molecular complexity index is 930. The Balaban J connectivity index is 1.67. The van der Waals surface area contributed by atoms with Crippen molar-refractivity contribution in [2.45, 2.75) is 45.1 Å². The van der Waals surface area contributed by atoms with E-state index in [1.807, 2.05) is 25.1 Å². The maximum Gasteiger partial charge on any atom is 0.254 e. The molecule has 1 unspecified atom stereocenters. The number of carbonyl (C=O) groups is 1. The molecule has 1 atom stereocenters. The Morgan fingerprint density at radius 2 is 2.08 bits per heavy atom. The summed E-state index contributed by atoms with van der Waals surface area (Å²) < 4.78 is 23.6. The van der Waals surface area contributed by atoms with Gasteiger partial charge in [-0.05, 0) is 62.8 Å². The molecule has 1 aliphatic carbocycles. The molecule has 1 aromatic carbocycles. The van der Waals surface area contributed by atoms with Gasteiger partial charge in [0.2, 0.25) is 0 Å². The Morgan fingerprint density at radius 1 is 1.28 bits per heavy atom. The molecule has 0 bridgehead atoms. The van der Waals surface area contributed by atoms with Gasteiger partial charge < -0.3 is 9.88 Å². The second kappa shape index (κ2) is 6.16. The summed E-state index contributed by atoms with van der Waals surface area (Å²) in [6, 6.07) is 5.64. The summed E-state index contributed by atoms with van der Waals surface area (Å²) in [5.74, 6) is 0.220. The van der Waals surface area contributed by atoms with Crippen molar-refractivity contribution in [2.75, 3.05) is 18.1 Å². The van der Waals surface area contributed by atoms with E-state index in [4.69, 9.17) is 0 Å². The molecule has 0 spiro atoms. The first kappa shape index (κ1) is 16.6. The number of rotatable bonds is 3. The van der Waals surface area contributed by atoms with E-state index in [1.165, 1.54) is 24.1 Å². The molecule has 1 aromatic heterocycles. The number of hydrogen-bond acceptors (Lipinski definition) is 3. The fourth-order valence-electron chi connectivity index (χ4n) is 4.29. The van der Waals surface area contributed by atoms with Crippen molar-refractivity contribution in [3.8, 4) is 0 Å². The van der Waals surface area contributed by atoms with E-state index in [2.05, 4.69) is 4.98 Å². The fourth-order valence-corrected chi connectivity index (χ4v) is 6.02. The van der Waals surface area contributed by atoms with E-state index in [0.29, 0.717) is 18.5 Å². The number of sulfone groups is 1. The lowest BCUT2D eigenvalue weighted by Crippen LogP contribution is -2.40. The third-order valence-corrected chi connectivity index (χ3v) is 7.35. The third kappa shape index (κ3) is 2.97. The second-order valence-corrected chi connectivity index (χ2v) is 9.43.